The number of hydrogen-bond donors (Lipinski definition) is 2. The van der Waals surface area contributed by atoms with Gasteiger partial charge in [-0.3, -0.25) is 14.9 Å². The molecule has 1 aromatic carbocycles. The van der Waals surface area contributed by atoms with Crippen molar-refractivity contribution in [3.63, 3.8) is 0 Å². The van der Waals surface area contributed by atoms with Crippen LogP contribution in [0, 0.1) is 22.0 Å². The Morgan fingerprint density at radius 1 is 1.24 bits per heavy atom. The summed E-state index contributed by atoms with van der Waals surface area (Å²) in [5.41, 5.74) is 0.0699. The minimum Gasteiger partial charge on any atom is -0.364 e. The molecule has 9 nitrogen and oxygen atoms in total. The van der Waals surface area contributed by atoms with Crippen molar-refractivity contribution in [1.82, 2.24) is 10.0 Å². The molecule has 1 aliphatic carbocycles. The largest absolute Gasteiger partial charge is 0.364 e. The van der Waals surface area contributed by atoms with Crippen LogP contribution in [0.4, 0.5) is 11.4 Å². The van der Waals surface area contributed by atoms with Gasteiger partial charge in [0.2, 0.25) is 15.9 Å². The number of benzene rings is 1. The number of amides is 1. The highest BCUT2D eigenvalue weighted by molar-refractivity contribution is 7.89. The van der Waals surface area contributed by atoms with Crippen LogP contribution in [0.2, 0.25) is 0 Å². The lowest BCUT2D eigenvalue weighted by Gasteiger charge is -2.39. The molecule has 0 atom stereocenters. The van der Waals surface area contributed by atoms with Crippen molar-refractivity contribution in [2.75, 3.05) is 24.5 Å². The predicted octanol–water partition coefficient (Wildman–Crippen LogP) is 2.02. The molecule has 0 radical (unpaired) electrons. The average molecular weight is 425 g/mol. The first-order valence-electron chi connectivity index (χ1n) is 10.0. The second-order valence-electron chi connectivity index (χ2n) is 7.98. The number of nitro benzene ring substituents is 1. The molecular formula is C19H28N4O5S. The molecule has 1 aliphatic heterocycles. The Balaban J connectivity index is 1.74. The van der Waals surface area contributed by atoms with E-state index in [4.69, 9.17) is 0 Å². The van der Waals surface area contributed by atoms with Crippen LogP contribution >= 0.6 is 0 Å². The molecule has 1 saturated heterocycles. The van der Waals surface area contributed by atoms with Gasteiger partial charge in [0.05, 0.1) is 15.7 Å². The molecule has 3 rings (SSSR count). The number of carbonyl (C=O) groups excluding carboxylic acids is 1. The lowest BCUT2D eigenvalue weighted by Crippen LogP contribution is -2.53. The summed E-state index contributed by atoms with van der Waals surface area (Å²) in [7, 11) is -3.83. The van der Waals surface area contributed by atoms with E-state index >= 15 is 0 Å². The van der Waals surface area contributed by atoms with Crippen LogP contribution in [0.15, 0.2) is 23.1 Å². The fraction of sp³-hybridized carbons (Fsp3) is 0.632. The van der Waals surface area contributed by atoms with Crippen molar-refractivity contribution in [1.29, 1.82) is 0 Å². The second kappa shape index (κ2) is 8.66. The molecule has 1 saturated carbocycles. The summed E-state index contributed by atoms with van der Waals surface area (Å²) < 4.78 is 28.2. The Morgan fingerprint density at radius 3 is 2.48 bits per heavy atom. The van der Waals surface area contributed by atoms with Gasteiger partial charge in [-0.1, -0.05) is 6.92 Å². The first kappa shape index (κ1) is 21.5. The van der Waals surface area contributed by atoms with Crippen molar-refractivity contribution >= 4 is 27.3 Å². The van der Waals surface area contributed by atoms with E-state index in [9.17, 15) is 23.3 Å². The normalized spacial score (nSPS) is 22.8. The maximum atomic E-state index is 12.7. The molecule has 0 unspecified atom stereocenters. The van der Waals surface area contributed by atoms with Gasteiger partial charge in [0, 0.05) is 31.7 Å². The molecule has 1 heterocycles. The van der Waals surface area contributed by atoms with Gasteiger partial charge in [-0.2, -0.15) is 0 Å². The van der Waals surface area contributed by atoms with Crippen molar-refractivity contribution in [2.45, 2.75) is 50.5 Å². The number of nitro groups is 1. The number of sulfonamides is 1. The van der Waals surface area contributed by atoms with Crippen LogP contribution < -0.4 is 14.9 Å². The number of nitrogens with one attached hydrogen (secondary N) is 2. The zero-order chi connectivity index (χ0) is 21.2. The van der Waals surface area contributed by atoms with Gasteiger partial charge >= 0.3 is 0 Å². The second-order valence-corrected chi connectivity index (χ2v) is 9.70. The molecule has 29 heavy (non-hydrogen) atoms. The number of hydrogen-bond acceptors (Lipinski definition) is 6. The zero-order valence-corrected chi connectivity index (χ0v) is 17.6. The van der Waals surface area contributed by atoms with Gasteiger partial charge in [0.15, 0.2) is 0 Å². The summed E-state index contributed by atoms with van der Waals surface area (Å²) in [5, 5.41) is 14.3. The summed E-state index contributed by atoms with van der Waals surface area (Å²) in [6.07, 6.45) is 3.48. The molecule has 2 aliphatic rings. The third kappa shape index (κ3) is 4.87. The van der Waals surface area contributed by atoms with Crippen molar-refractivity contribution in [3.05, 3.63) is 28.3 Å². The molecule has 1 amide bonds. The summed E-state index contributed by atoms with van der Waals surface area (Å²) in [6.45, 7) is 5.27. The number of nitrogens with zero attached hydrogens (tertiary/aromatic N) is 2. The quantitative estimate of drug-likeness (QED) is 0.510. The number of rotatable bonds is 7. The van der Waals surface area contributed by atoms with Gasteiger partial charge in [-0.15, -0.1) is 0 Å². The molecule has 2 fully saturated rings. The molecule has 160 valence electrons. The van der Waals surface area contributed by atoms with Crippen LogP contribution in [-0.2, 0) is 14.8 Å². The van der Waals surface area contributed by atoms with Crippen LogP contribution in [0.25, 0.3) is 0 Å². The van der Waals surface area contributed by atoms with Crippen LogP contribution in [0.3, 0.4) is 0 Å². The van der Waals surface area contributed by atoms with E-state index in [0.717, 1.165) is 31.7 Å². The average Bonchev–Trinajstić information content (AvgIpc) is 2.62. The Hall–Kier alpha value is -2.20. The molecule has 10 heteroatoms. The van der Waals surface area contributed by atoms with E-state index in [2.05, 4.69) is 17.0 Å². The first-order chi connectivity index (χ1) is 13.7. The highest BCUT2D eigenvalue weighted by Crippen LogP contribution is 2.35. The van der Waals surface area contributed by atoms with Crippen LogP contribution in [0.5, 0.6) is 0 Å². The smallest absolute Gasteiger partial charge is 0.293 e. The van der Waals surface area contributed by atoms with E-state index in [1.54, 1.807) is 4.90 Å². The van der Waals surface area contributed by atoms with Crippen LogP contribution in [0.1, 0.15) is 39.5 Å². The van der Waals surface area contributed by atoms with E-state index in [-0.39, 0.29) is 28.4 Å². The van der Waals surface area contributed by atoms with Crippen molar-refractivity contribution in [2.24, 2.45) is 11.8 Å². The predicted molar refractivity (Wildman–Crippen MR) is 109 cm³/mol. The van der Waals surface area contributed by atoms with Gasteiger partial charge in [0.1, 0.15) is 5.69 Å². The minimum absolute atomic E-state index is 0.0726. The molecule has 0 bridgehead atoms. The van der Waals surface area contributed by atoms with Crippen molar-refractivity contribution < 1.29 is 18.1 Å². The molecule has 0 aromatic heterocycles. The van der Waals surface area contributed by atoms with Crippen LogP contribution in [-0.4, -0.2) is 44.9 Å². The molecule has 1 aromatic rings. The topological polar surface area (TPSA) is 122 Å². The molecule has 0 spiro atoms. The summed E-state index contributed by atoms with van der Waals surface area (Å²) in [6, 6.07) is 3.84. The summed E-state index contributed by atoms with van der Waals surface area (Å²) in [5.74, 6) is 0.306. The Morgan fingerprint density at radius 2 is 1.90 bits per heavy atom. The Labute approximate surface area is 171 Å². The highest BCUT2D eigenvalue weighted by atomic mass is 32.2. The fourth-order valence-corrected chi connectivity index (χ4v) is 5.23. The maximum Gasteiger partial charge on any atom is 0.293 e. The monoisotopic (exact) mass is 424 g/mol. The SMILES string of the molecule is CCNC(=O)C1CN(c2ccc(S(=O)(=O)NC3CCC(C)CC3)cc2[N+](=O)[O-])C1. The number of anilines is 1. The third-order valence-electron chi connectivity index (χ3n) is 5.74. The van der Waals surface area contributed by atoms with E-state index in [0.29, 0.717) is 31.2 Å². The fourth-order valence-electron chi connectivity index (χ4n) is 3.91. The van der Waals surface area contributed by atoms with Crippen molar-refractivity contribution in [3.8, 4) is 0 Å². The molecule has 2 N–H and O–H groups in total. The minimum atomic E-state index is -3.83. The summed E-state index contributed by atoms with van der Waals surface area (Å²) in [4.78, 5) is 24.5. The van der Waals surface area contributed by atoms with E-state index in [1.807, 2.05) is 6.92 Å². The standard InChI is InChI=1S/C19H28N4O5S/c1-3-20-19(24)14-11-22(12-14)17-9-8-16(10-18(17)23(25)26)29(27,28)21-15-6-4-13(2)5-7-15/h8-10,13-15,21H,3-7,11-12H2,1-2H3,(H,20,24). The Bertz CT molecular complexity index is 875. The molecular weight excluding hydrogens is 396 g/mol. The van der Waals surface area contributed by atoms with Gasteiger partial charge in [-0.25, -0.2) is 13.1 Å². The maximum absolute atomic E-state index is 12.7. The highest BCUT2D eigenvalue weighted by Gasteiger charge is 2.36. The number of carbonyl (C=O) groups is 1. The van der Waals surface area contributed by atoms with Gasteiger partial charge in [-0.05, 0) is 50.7 Å². The Kier molecular flexibility index (Phi) is 6.42. The zero-order valence-electron chi connectivity index (χ0n) is 16.8. The summed E-state index contributed by atoms with van der Waals surface area (Å²) >= 11 is 0. The van der Waals surface area contributed by atoms with Gasteiger partial charge in [0.25, 0.3) is 5.69 Å². The van der Waals surface area contributed by atoms with Gasteiger partial charge < -0.3 is 10.2 Å². The first-order valence-corrected chi connectivity index (χ1v) is 11.5. The lowest BCUT2D eigenvalue weighted by atomic mass is 9.88. The van der Waals surface area contributed by atoms with E-state index < -0.39 is 14.9 Å². The lowest BCUT2D eigenvalue weighted by molar-refractivity contribution is -0.384. The van der Waals surface area contributed by atoms with E-state index in [1.165, 1.54) is 12.1 Å². The third-order valence-corrected chi connectivity index (χ3v) is 7.25.